The van der Waals surface area contributed by atoms with E-state index >= 15 is 0 Å². The molecule has 2 aliphatic heterocycles. The second-order valence-corrected chi connectivity index (χ2v) is 10.1. The molecular weight excluding hydrogens is 522 g/mol. The summed E-state index contributed by atoms with van der Waals surface area (Å²) in [7, 11) is 3.57. The van der Waals surface area contributed by atoms with Crippen LogP contribution in [0.15, 0.2) is 81.0 Å². The van der Waals surface area contributed by atoms with E-state index in [1.807, 2.05) is 24.3 Å². The summed E-state index contributed by atoms with van der Waals surface area (Å²) in [6.45, 7) is 3.75. The number of likely N-dealkylation sites (N-methyl/N-ethyl adjacent to an activating group) is 1. The Balaban J connectivity index is 1.37. The Morgan fingerprint density at radius 1 is 1.05 bits per heavy atom. The predicted molar refractivity (Wildman–Crippen MR) is 147 cm³/mol. The summed E-state index contributed by atoms with van der Waals surface area (Å²) in [5, 5.41) is 12.0. The van der Waals surface area contributed by atoms with Crippen molar-refractivity contribution in [3.8, 4) is 5.75 Å². The Labute approximate surface area is 229 Å². The summed E-state index contributed by atoms with van der Waals surface area (Å²) in [6, 6.07) is 14.6. The van der Waals surface area contributed by atoms with Crippen LogP contribution in [-0.2, 0) is 4.79 Å². The molecule has 200 valence electrons. The van der Waals surface area contributed by atoms with Crippen LogP contribution in [0.4, 0.5) is 11.4 Å². The molecule has 1 unspecified atom stereocenters. The summed E-state index contributed by atoms with van der Waals surface area (Å²) in [5.41, 5.74) is 1.76. The van der Waals surface area contributed by atoms with E-state index in [0.29, 0.717) is 33.2 Å². The third-order valence-electron chi connectivity index (χ3n) is 7.25. The number of nitrogens with zero attached hydrogens (tertiary/aromatic N) is 3. The highest BCUT2D eigenvalue weighted by atomic mass is 35.5. The molecule has 0 saturated carbocycles. The van der Waals surface area contributed by atoms with E-state index in [2.05, 4.69) is 16.8 Å². The third kappa shape index (κ3) is 4.33. The monoisotopic (exact) mass is 547 g/mol. The van der Waals surface area contributed by atoms with Gasteiger partial charge in [0.25, 0.3) is 5.91 Å². The van der Waals surface area contributed by atoms with Gasteiger partial charge in [0.05, 0.1) is 18.9 Å². The minimum absolute atomic E-state index is 0.0660. The number of halogens is 1. The van der Waals surface area contributed by atoms with Crippen LogP contribution in [-0.4, -0.2) is 62.0 Å². The highest BCUT2D eigenvalue weighted by molar-refractivity contribution is 6.31. The number of piperazine rings is 1. The van der Waals surface area contributed by atoms with Crippen LogP contribution in [0.2, 0.25) is 5.02 Å². The van der Waals surface area contributed by atoms with Crippen molar-refractivity contribution in [2.45, 2.75) is 6.04 Å². The number of amides is 1. The zero-order valence-corrected chi connectivity index (χ0v) is 22.1. The summed E-state index contributed by atoms with van der Waals surface area (Å²) < 4.78 is 16.8. The first kappa shape index (κ1) is 25.1. The van der Waals surface area contributed by atoms with Crippen molar-refractivity contribution in [1.82, 2.24) is 4.90 Å². The highest BCUT2D eigenvalue weighted by Gasteiger charge is 2.46. The molecule has 1 N–H and O–H groups in total. The summed E-state index contributed by atoms with van der Waals surface area (Å²) >= 11 is 6.18. The molecule has 6 rings (SSSR count). The van der Waals surface area contributed by atoms with Gasteiger partial charge in [-0.3, -0.25) is 14.5 Å². The van der Waals surface area contributed by atoms with E-state index in [-0.39, 0.29) is 11.3 Å². The number of furan rings is 2. The number of ketones is 1. The van der Waals surface area contributed by atoms with Crippen molar-refractivity contribution in [1.29, 1.82) is 0 Å². The van der Waals surface area contributed by atoms with E-state index in [9.17, 15) is 14.7 Å². The SMILES string of the molecule is COc1cc(Cl)cc2cc(C(=O)C3=C(O)C(=O)N(c4ccc(N5CCN(C)CC5)cc4)C3c3ccco3)oc12. The number of hydrogen-bond donors (Lipinski definition) is 1. The van der Waals surface area contributed by atoms with Gasteiger partial charge in [0.15, 0.2) is 22.9 Å². The fourth-order valence-electron chi connectivity index (χ4n) is 5.19. The number of carbonyl (C=O) groups excluding carboxylic acids is 2. The number of ether oxygens (including phenoxy) is 1. The Morgan fingerprint density at radius 3 is 2.44 bits per heavy atom. The number of carbonyl (C=O) groups is 2. The quantitative estimate of drug-likeness (QED) is 0.328. The Bertz CT molecular complexity index is 1580. The second-order valence-electron chi connectivity index (χ2n) is 9.63. The highest BCUT2D eigenvalue weighted by Crippen LogP contribution is 2.43. The predicted octanol–water partition coefficient (Wildman–Crippen LogP) is 5.22. The van der Waals surface area contributed by atoms with Crippen LogP contribution in [0.3, 0.4) is 0 Å². The van der Waals surface area contributed by atoms with E-state index < -0.39 is 23.5 Å². The average molecular weight is 548 g/mol. The molecule has 4 aromatic rings. The second kappa shape index (κ2) is 9.83. The van der Waals surface area contributed by atoms with Gasteiger partial charge in [0.1, 0.15) is 11.8 Å². The van der Waals surface area contributed by atoms with E-state index in [4.69, 9.17) is 25.2 Å². The smallest absolute Gasteiger partial charge is 0.294 e. The van der Waals surface area contributed by atoms with Crippen LogP contribution < -0.4 is 14.5 Å². The molecule has 1 fully saturated rings. The van der Waals surface area contributed by atoms with Gasteiger partial charge >= 0.3 is 0 Å². The molecule has 0 bridgehead atoms. The van der Waals surface area contributed by atoms with E-state index in [1.54, 1.807) is 24.3 Å². The van der Waals surface area contributed by atoms with Gasteiger partial charge in [-0.2, -0.15) is 0 Å². The topological polar surface area (TPSA) is 99.6 Å². The van der Waals surface area contributed by atoms with Gasteiger partial charge in [-0.15, -0.1) is 0 Å². The maximum atomic E-state index is 13.8. The molecule has 0 aliphatic carbocycles. The lowest BCUT2D eigenvalue weighted by Gasteiger charge is -2.34. The van der Waals surface area contributed by atoms with E-state index in [0.717, 1.165) is 31.9 Å². The molecule has 4 heterocycles. The normalized spacial score (nSPS) is 18.4. The number of fused-ring (bicyclic) bond motifs is 1. The van der Waals surface area contributed by atoms with Crippen molar-refractivity contribution in [3.05, 3.63) is 88.7 Å². The van der Waals surface area contributed by atoms with Gasteiger partial charge in [-0.1, -0.05) is 11.6 Å². The standard InChI is InChI=1S/C29H26ClN3O6/c1-31-9-11-32(12-10-31)19-5-7-20(8-6-19)33-25(21-4-3-13-38-21)24(27(35)29(33)36)26(34)22-15-17-14-18(30)16-23(37-2)28(17)39-22/h3-8,13-16,25,35H,9-12H2,1-2H3. The number of aliphatic hydroxyl groups excluding tert-OH is 1. The molecule has 2 aliphatic rings. The molecule has 1 amide bonds. The first-order valence-corrected chi connectivity index (χ1v) is 12.9. The summed E-state index contributed by atoms with van der Waals surface area (Å²) in [6.07, 6.45) is 1.46. The summed E-state index contributed by atoms with van der Waals surface area (Å²) in [5.74, 6) is -1.38. The van der Waals surface area contributed by atoms with Crippen molar-refractivity contribution < 1.29 is 28.3 Å². The fourth-order valence-corrected chi connectivity index (χ4v) is 5.41. The number of rotatable bonds is 6. The van der Waals surface area contributed by atoms with Crippen LogP contribution in [0.1, 0.15) is 22.4 Å². The molecule has 0 spiro atoms. The largest absolute Gasteiger partial charge is 0.503 e. The lowest BCUT2D eigenvalue weighted by molar-refractivity contribution is -0.117. The first-order chi connectivity index (χ1) is 18.9. The minimum Gasteiger partial charge on any atom is -0.503 e. The molecule has 39 heavy (non-hydrogen) atoms. The average Bonchev–Trinajstić information content (AvgIpc) is 3.67. The maximum absolute atomic E-state index is 13.8. The Hall–Kier alpha value is -4.21. The fraction of sp³-hybridized carbons (Fsp3) is 0.241. The van der Waals surface area contributed by atoms with Gasteiger partial charge in [0.2, 0.25) is 5.78 Å². The first-order valence-electron chi connectivity index (χ1n) is 12.5. The number of benzene rings is 2. The van der Waals surface area contributed by atoms with Crippen LogP contribution in [0.5, 0.6) is 5.75 Å². The van der Waals surface area contributed by atoms with Crippen LogP contribution in [0, 0.1) is 0 Å². The van der Waals surface area contributed by atoms with Crippen molar-refractivity contribution in [2.24, 2.45) is 0 Å². The molecule has 2 aromatic carbocycles. The number of Topliss-reactive ketones (excluding diaryl/α,β-unsaturated/α-hetero) is 1. The lowest BCUT2D eigenvalue weighted by Crippen LogP contribution is -2.44. The van der Waals surface area contributed by atoms with E-state index in [1.165, 1.54) is 24.3 Å². The van der Waals surface area contributed by atoms with Crippen molar-refractivity contribution in [3.63, 3.8) is 0 Å². The summed E-state index contributed by atoms with van der Waals surface area (Å²) in [4.78, 5) is 33.2. The van der Waals surface area contributed by atoms with Crippen LogP contribution >= 0.6 is 11.6 Å². The van der Waals surface area contributed by atoms with Gasteiger partial charge < -0.3 is 28.5 Å². The number of methoxy groups -OCH3 is 1. The lowest BCUT2D eigenvalue weighted by atomic mass is 9.99. The van der Waals surface area contributed by atoms with Gasteiger partial charge in [-0.05, 0) is 55.6 Å². The van der Waals surface area contributed by atoms with Gasteiger partial charge in [0, 0.05) is 54.0 Å². The molecule has 0 radical (unpaired) electrons. The number of aliphatic hydroxyl groups is 1. The van der Waals surface area contributed by atoms with Crippen molar-refractivity contribution in [2.75, 3.05) is 50.1 Å². The zero-order valence-electron chi connectivity index (χ0n) is 21.4. The van der Waals surface area contributed by atoms with Gasteiger partial charge in [-0.25, -0.2) is 0 Å². The van der Waals surface area contributed by atoms with Crippen LogP contribution in [0.25, 0.3) is 11.0 Å². The van der Waals surface area contributed by atoms with Crippen molar-refractivity contribution >= 4 is 45.6 Å². The Morgan fingerprint density at radius 2 is 1.77 bits per heavy atom. The number of hydrogen-bond acceptors (Lipinski definition) is 8. The minimum atomic E-state index is -0.992. The molecule has 10 heteroatoms. The third-order valence-corrected chi connectivity index (χ3v) is 7.47. The maximum Gasteiger partial charge on any atom is 0.294 e. The number of anilines is 2. The zero-order chi connectivity index (χ0) is 27.3. The molecule has 1 saturated heterocycles. The molecule has 1 atom stereocenters. The Kier molecular flexibility index (Phi) is 6.32. The molecular formula is C29H26ClN3O6. The molecule has 2 aromatic heterocycles. The molecule has 9 nitrogen and oxygen atoms in total.